The smallest absolute Gasteiger partial charge is 0.143 e. The summed E-state index contributed by atoms with van der Waals surface area (Å²) in [5.74, 6) is 2.45. The molecular formula is C22H21N3OS. The third-order valence-corrected chi connectivity index (χ3v) is 5.59. The number of nitrogens with zero attached hydrogens (tertiary/aromatic N) is 2. The molecule has 0 spiro atoms. The Bertz CT molecular complexity index is 1120. The minimum Gasteiger partial charge on any atom is -0.497 e. The van der Waals surface area contributed by atoms with Crippen LogP contribution in [-0.4, -0.2) is 17.1 Å². The maximum Gasteiger partial charge on any atom is 0.143 e. The second-order valence-corrected chi connectivity index (χ2v) is 7.46. The van der Waals surface area contributed by atoms with Crippen LogP contribution in [0.5, 0.6) is 5.75 Å². The van der Waals surface area contributed by atoms with Gasteiger partial charge in [-0.2, -0.15) is 0 Å². The summed E-state index contributed by atoms with van der Waals surface area (Å²) in [5.41, 5.74) is 5.81. The van der Waals surface area contributed by atoms with Gasteiger partial charge < -0.3 is 10.1 Å². The number of hydrogen-bond donors (Lipinski definition) is 1. The van der Waals surface area contributed by atoms with Gasteiger partial charge in [0.25, 0.3) is 0 Å². The molecule has 0 aliphatic carbocycles. The van der Waals surface area contributed by atoms with E-state index < -0.39 is 0 Å². The van der Waals surface area contributed by atoms with Crippen molar-refractivity contribution in [2.24, 2.45) is 0 Å². The number of anilines is 2. The van der Waals surface area contributed by atoms with Crippen molar-refractivity contribution in [3.63, 3.8) is 0 Å². The summed E-state index contributed by atoms with van der Waals surface area (Å²) in [5, 5.41) is 6.70. The third kappa shape index (κ3) is 3.38. The normalized spacial score (nSPS) is 11.0. The van der Waals surface area contributed by atoms with Crippen molar-refractivity contribution < 1.29 is 4.74 Å². The first-order valence-corrected chi connectivity index (χ1v) is 9.67. The van der Waals surface area contributed by atoms with Crippen molar-refractivity contribution in [3.8, 4) is 16.9 Å². The molecule has 4 rings (SSSR count). The fraction of sp³-hybridized carbons (Fsp3) is 0.182. The van der Waals surface area contributed by atoms with Crippen LogP contribution < -0.4 is 10.1 Å². The predicted octanol–water partition coefficient (Wildman–Crippen LogP) is 6.04. The minimum absolute atomic E-state index is 0.761. The fourth-order valence-corrected chi connectivity index (χ4v) is 4.07. The van der Waals surface area contributed by atoms with Gasteiger partial charge >= 0.3 is 0 Å². The largest absolute Gasteiger partial charge is 0.497 e. The Kier molecular flexibility index (Phi) is 4.54. The lowest BCUT2D eigenvalue weighted by Crippen LogP contribution is -1.99. The Hall–Kier alpha value is -2.92. The molecule has 0 saturated heterocycles. The molecule has 0 aliphatic rings. The lowest BCUT2D eigenvalue weighted by atomic mass is 10.1. The molecule has 4 nitrogen and oxygen atoms in total. The minimum atomic E-state index is 0.761. The fourth-order valence-electron chi connectivity index (χ4n) is 3.08. The van der Waals surface area contributed by atoms with Crippen molar-refractivity contribution in [2.45, 2.75) is 20.8 Å². The van der Waals surface area contributed by atoms with E-state index in [-0.39, 0.29) is 0 Å². The molecule has 2 aromatic carbocycles. The van der Waals surface area contributed by atoms with E-state index in [2.05, 4.69) is 59.9 Å². The van der Waals surface area contributed by atoms with Crippen LogP contribution in [0.25, 0.3) is 21.3 Å². The number of hydrogen-bond acceptors (Lipinski definition) is 5. The Labute approximate surface area is 162 Å². The summed E-state index contributed by atoms with van der Waals surface area (Å²) < 4.78 is 5.28. The first-order valence-electron chi connectivity index (χ1n) is 8.79. The number of fused-ring (bicyclic) bond motifs is 1. The predicted molar refractivity (Wildman–Crippen MR) is 113 cm³/mol. The number of aryl methyl sites for hydroxylation is 3. The monoisotopic (exact) mass is 375 g/mol. The molecule has 1 N–H and O–H groups in total. The van der Waals surface area contributed by atoms with E-state index in [1.54, 1.807) is 18.4 Å². The summed E-state index contributed by atoms with van der Waals surface area (Å²) in [6, 6.07) is 14.5. The third-order valence-electron chi connectivity index (χ3n) is 4.72. The van der Waals surface area contributed by atoms with Gasteiger partial charge in [-0.25, -0.2) is 9.97 Å². The highest BCUT2D eigenvalue weighted by molar-refractivity contribution is 7.17. The average molecular weight is 375 g/mol. The van der Waals surface area contributed by atoms with Crippen molar-refractivity contribution >= 4 is 33.1 Å². The van der Waals surface area contributed by atoms with Gasteiger partial charge in [-0.15, -0.1) is 11.3 Å². The van der Waals surface area contributed by atoms with Gasteiger partial charge in [0.2, 0.25) is 0 Å². The van der Waals surface area contributed by atoms with E-state index in [4.69, 9.17) is 9.72 Å². The zero-order valence-electron chi connectivity index (χ0n) is 15.8. The number of nitrogens with one attached hydrogen (secondary N) is 1. The molecule has 0 saturated carbocycles. The molecule has 0 amide bonds. The van der Waals surface area contributed by atoms with Crippen molar-refractivity contribution in [1.82, 2.24) is 9.97 Å². The topological polar surface area (TPSA) is 47.0 Å². The molecule has 27 heavy (non-hydrogen) atoms. The molecule has 2 aromatic heterocycles. The molecular weight excluding hydrogens is 354 g/mol. The second-order valence-electron chi connectivity index (χ2n) is 6.60. The summed E-state index contributed by atoms with van der Waals surface area (Å²) >= 11 is 1.64. The molecule has 5 heteroatoms. The number of thiophene rings is 1. The van der Waals surface area contributed by atoms with Gasteiger partial charge in [-0.1, -0.05) is 18.2 Å². The molecule has 4 aromatic rings. The van der Waals surface area contributed by atoms with Crippen LogP contribution in [0.1, 0.15) is 17.0 Å². The second kappa shape index (κ2) is 7.00. The summed E-state index contributed by atoms with van der Waals surface area (Å²) in [6.45, 7) is 6.17. The van der Waals surface area contributed by atoms with Crippen LogP contribution >= 0.6 is 11.3 Å². The first kappa shape index (κ1) is 17.5. The Morgan fingerprint density at radius 3 is 2.41 bits per heavy atom. The van der Waals surface area contributed by atoms with Crippen molar-refractivity contribution in [1.29, 1.82) is 0 Å². The summed E-state index contributed by atoms with van der Waals surface area (Å²) in [7, 11) is 1.68. The van der Waals surface area contributed by atoms with E-state index >= 15 is 0 Å². The number of aromatic nitrogens is 2. The lowest BCUT2D eigenvalue weighted by Gasteiger charge is -2.11. The Balaban J connectivity index is 1.83. The van der Waals surface area contributed by atoms with E-state index in [1.165, 1.54) is 11.1 Å². The first-order chi connectivity index (χ1) is 13.0. The van der Waals surface area contributed by atoms with Gasteiger partial charge in [0, 0.05) is 16.6 Å². The molecule has 0 bridgehead atoms. The molecule has 136 valence electrons. The molecule has 0 atom stereocenters. The Morgan fingerprint density at radius 1 is 0.926 bits per heavy atom. The van der Waals surface area contributed by atoms with E-state index in [1.807, 2.05) is 19.1 Å². The number of rotatable bonds is 4. The molecule has 0 unspecified atom stereocenters. The number of methoxy groups -OCH3 is 1. The van der Waals surface area contributed by atoms with Crippen LogP contribution in [-0.2, 0) is 0 Å². The van der Waals surface area contributed by atoms with Crippen molar-refractivity contribution in [3.05, 3.63) is 64.8 Å². The van der Waals surface area contributed by atoms with Gasteiger partial charge in [0.05, 0.1) is 12.5 Å². The van der Waals surface area contributed by atoms with Gasteiger partial charge in [-0.05, 0) is 61.7 Å². The quantitative estimate of drug-likeness (QED) is 0.473. The summed E-state index contributed by atoms with van der Waals surface area (Å²) in [6.07, 6.45) is 0. The highest BCUT2D eigenvalue weighted by atomic mass is 32.1. The Morgan fingerprint density at radius 2 is 1.70 bits per heavy atom. The van der Waals surface area contributed by atoms with Gasteiger partial charge in [0.1, 0.15) is 22.2 Å². The molecule has 0 fully saturated rings. The van der Waals surface area contributed by atoms with E-state index in [0.717, 1.165) is 44.4 Å². The zero-order chi connectivity index (χ0) is 19.0. The van der Waals surface area contributed by atoms with E-state index in [0.29, 0.717) is 0 Å². The van der Waals surface area contributed by atoms with Crippen molar-refractivity contribution in [2.75, 3.05) is 12.4 Å². The van der Waals surface area contributed by atoms with Crippen LogP contribution in [0.2, 0.25) is 0 Å². The SMILES string of the molecule is COc1ccc(-c2csc3nc(C)nc(Nc4ccc(C)c(C)c4)c23)cc1. The van der Waals surface area contributed by atoms with Gasteiger partial charge in [-0.3, -0.25) is 0 Å². The molecule has 0 aliphatic heterocycles. The highest BCUT2D eigenvalue weighted by Crippen LogP contribution is 2.38. The maximum absolute atomic E-state index is 5.28. The maximum atomic E-state index is 5.28. The lowest BCUT2D eigenvalue weighted by molar-refractivity contribution is 0.415. The van der Waals surface area contributed by atoms with Gasteiger partial charge in [0.15, 0.2) is 0 Å². The van der Waals surface area contributed by atoms with E-state index in [9.17, 15) is 0 Å². The number of ether oxygens (including phenoxy) is 1. The molecule has 2 heterocycles. The highest BCUT2D eigenvalue weighted by Gasteiger charge is 2.15. The van der Waals surface area contributed by atoms with Crippen LogP contribution in [0.3, 0.4) is 0 Å². The van der Waals surface area contributed by atoms with Crippen LogP contribution in [0.4, 0.5) is 11.5 Å². The van der Waals surface area contributed by atoms with Crippen LogP contribution in [0.15, 0.2) is 47.8 Å². The molecule has 0 radical (unpaired) electrons. The average Bonchev–Trinajstić information content (AvgIpc) is 3.08. The summed E-state index contributed by atoms with van der Waals surface area (Å²) in [4.78, 5) is 10.3. The standard InChI is InChI=1S/C22H21N3OS/c1-13-5-8-17(11-14(13)2)25-21-20-19(12-27-22(20)24-15(3)23-21)16-6-9-18(26-4)10-7-16/h5-12H,1-4H3,(H,23,24,25). The van der Waals surface area contributed by atoms with Crippen LogP contribution in [0, 0.1) is 20.8 Å². The zero-order valence-corrected chi connectivity index (χ0v) is 16.6. The number of benzene rings is 2.